The van der Waals surface area contributed by atoms with Gasteiger partial charge in [-0.1, -0.05) is 59.8 Å². The second-order valence-electron chi connectivity index (χ2n) is 16.1. The molecule has 0 spiro atoms. The number of rotatable bonds is 9. The van der Waals surface area contributed by atoms with Crippen LogP contribution in [0, 0.1) is 30.6 Å². The van der Waals surface area contributed by atoms with E-state index in [-0.39, 0.29) is 80.1 Å². The number of ketones is 1. The molecule has 0 fully saturated rings. The molecule has 9 unspecified atom stereocenters. The number of phenolic OH excluding ortho intramolecular Hbond substituents is 2. The van der Waals surface area contributed by atoms with Gasteiger partial charge in [0.15, 0.2) is 12.4 Å². The number of carbonyl (C=O) groups excluding carboxylic acids is 4. The van der Waals surface area contributed by atoms with Crippen molar-refractivity contribution < 1.29 is 92.8 Å². The van der Waals surface area contributed by atoms with E-state index >= 15 is 0 Å². The number of methoxy groups -OCH3 is 1. The molecule has 0 aliphatic carbocycles. The molecule has 9 atom stereocenters. The molecule has 5 rings (SSSR count). The number of benzene rings is 2. The fourth-order valence-corrected chi connectivity index (χ4v) is 7.88. The van der Waals surface area contributed by atoms with Crippen molar-refractivity contribution in [1.29, 1.82) is 0 Å². The molecule has 2 aromatic carbocycles. The molecule has 16 heteroatoms. The summed E-state index contributed by atoms with van der Waals surface area (Å²) in [6, 6.07) is 1.28. The van der Waals surface area contributed by atoms with Crippen molar-refractivity contribution in [2.45, 2.75) is 112 Å². The minimum absolute atomic E-state index is 0. The molecule has 0 saturated carbocycles. The molecule has 61 heavy (non-hydrogen) atoms. The molecule has 2 aromatic rings. The normalized spacial score (nSPS) is 29.0. The third-order valence-corrected chi connectivity index (χ3v) is 11.5. The Labute approximate surface area is 380 Å². The summed E-state index contributed by atoms with van der Waals surface area (Å²) in [5.74, 6) is -7.95. The Hall–Kier alpha value is -4.12. The smallest absolute Gasteiger partial charge is 0.507 e. The van der Waals surface area contributed by atoms with E-state index in [0.29, 0.717) is 25.9 Å². The molecule has 5 bridgehead atoms. The van der Waals surface area contributed by atoms with Crippen LogP contribution in [0.2, 0.25) is 0 Å². The predicted molar refractivity (Wildman–Crippen MR) is 225 cm³/mol. The monoisotopic (exact) mass is 861 g/mol. The van der Waals surface area contributed by atoms with Gasteiger partial charge in [0, 0.05) is 80.3 Å². The van der Waals surface area contributed by atoms with Gasteiger partial charge >= 0.3 is 41.3 Å². The molecule has 3 aliphatic rings. The molecule has 0 radical (unpaired) electrons. The summed E-state index contributed by atoms with van der Waals surface area (Å²) in [6.45, 7) is 17.0. The van der Waals surface area contributed by atoms with Crippen LogP contribution in [-0.4, -0.2) is 106 Å². The van der Waals surface area contributed by atoms with E-state index < -0.39 is 89.6 Å². The number of aliphatic hydroxyl groups excluding tert-OH is 2. The number of hydrogen-bond acceptors (Lipinski definition) is 13. The maximum absolute atomic E-state index is 14.5. The number of hydrogen-bond donors (Lipinski definition) is 5. The Kier molecular flexibility index (Phi) is 18.3. The van der Waals surface area contributed by atoms with Crippen molar-refractivity contribution in [2.24, 2.45) is 23.7 Å². The Morgan fingerprint density at radius 3 is 2.16 bits per heavy atom. The summed E-state index contributed by atoms with van der Waals surface area (Å²) >= 11 is 0. The van der Waals surface area contributed by atoms with Crippen LogP contribution in [0.1, 0.15) is 91.1 Å². The molecule has 15 nitrogen and oxygen atoms in total. The summed E-state index contributed by atoms with van der Waals surface area (Å²) in [6.07, 6.45) is 5.04. The Morgan fingerprint density at radius 1 is 0.934 bits per heavy atom. The first-order valence-electron chi connectivity index (χ1n) is 20.5. The first kappa shape index (κ1) is 51.2. The first-order valence-corrected chi connectivity index (χ1v) is 20.5. The van der Waals surface area contributed by atoms with Crippen LogP contribution in [0.15, 0.2) is 42.2 Å². The van der Waals surface area contributed by atoms with Gasteiger partial charge < -0.3 is 54.3 Å². The van der Waals surface area contributed by atoms with Crippen LogP contribution in [0.5, 0.6) is 23.0 Å². The van der Waals surface area contributed by atoms with Crippen molar-refractivity contribution in [1.82, 2.24) is 4.90 Å². The zero-order valence-corrected chi connectivity index (χ0v) is 39.5. The average Bonchev–Trinajstić information content (AvgIpc) is 3.47. The van der Waals surface area contributed by atoms with E-state index in [1.807, 2.05) is 13.8 Å². The number of carbonyl (C=O) groups is 4. The Bertz CT molecular complexity index is 2030. The number of anilines is 1. The zero-order chi connectivity index (χ0) is 44.8. The predicted octanol–water partition coefficient (Wildman–Crippen LogP) is 3.08. The molecule has 5 N–H and O–H groups in total. The number of esters is 1. The third kappa shape index (κ3) is 11.1. The number of nitrogens with zero attached hydrogens (tertiary/aromatic N) is 1. The molecule has 3 aliphatic heterocycles. The van der Waals surface area contributed by atoms with Gasteiger partial charge in [-0.15, -0.1) is 0 Å². The van der Waals surface area contributed by atoms with Crippen LogP contribution in [0.25, 0.3) is 10.8 Å². The summed E-state index contributed by atoms with van der Waals surface area (Å²) in [4.78, 5) is 55.5. The third-order valence-electron chi connectivity index (χ3n) is 11.5. The first-order chi connectivity index (χ1) is 28.2. The summed E-state index contributed by atoms with van der Waals surface area (Å²) in [5.41, 5.74) is 0.00940. The minimum Gasteiger partial charge on any atom is -0.507 e. The number of aromatic hydroxyl groups is 2. The topological polar surface area (TPSA) is 211 Å². The molecular formula is C45H62N2NaO13+. The molecule has 0 aromatic heterocycles. The SMILES string of the molecule is CCCN(CCC)C(=O)COc1cc2c(O)c3c(O)c(C)c4c(c13)C(=O)C(C)(O/C=C/C(OC)C(C)C(OC(C)=O)C(C)C(O)C(C)C(O)C(C)/C=C/C=C(\C)C(=O)N2)O4.[Na+]. The van der Waals surface area contributed by atoms with Gasteiger partial charge in [-0.25, -0.2) is 0 Å². The molecule has 3 heterocycles. The quantitative estimate of drug-likeness (QED) is 0.140. The fourth-order valence-electron chi connectivity index (χ4n) is 7.88. The number of amides is 2. The average molecular weight is 862 g/mol. The van der Waals surface area contributed by atoms with Crippen molar-refractivity contribution in [3.8, 4) is 23.0 Å². The van der Waals surface area contributed by atoms with Gasteiger partial charge in [-0.2, -0.15) is 0 Å². The van der Waals surface area contributed by atoms with Crippen molar-refractivity contribution in [3.05, 3.63) is 53.3 Å². The number of ether oxygens (including phenoxy) is 5. The zero-order valence-electron chi connectivity index (χ0n) is 37.5. The maximum Gasteiger partial charge on any atom is 1.00 e. The van der Waals surface area contributed by atoms with Gasteiger partial charge in [-0.05, 0) is 32.8 Å². The van der Waals surface area contributed by atoms with E-state index in [1.54, 1.807) is 44.7 Å². The van der Waals surface area contributed by atoms with Crippen LogP contribution in [0.3, 0.4) is 0 Å². The number of phenols is 2. The van der Waals surface area contributed by atoms with E-state index in [1.165, 1.54) is 59.3 Å². The van der Waals surface area contributed by atoms with Crippen LogP contribution < -0.4 is 44.3 Å². The Morgan fingerprint density at radius 2 is 1.57 bits per heavy atom. The van der Waals surface area contributed by atoms with Crippen LogP contribution >= 0.6 is 0 Å². The number of Topliss-reactive ketones (excluding diaryl/α,β-unsaturated/α-hetero) is 1. The van der Waals surface area contributed by atoms with Gasteiger partial charge in [0.1, 0.15) is 23.4 Å². The van der Waals surface area contributed by atoms with E-state index in [2.05, 4.69) is 5.32 Å². The molecular weight excluding hydrogens is 799 g/mol. The second-order valence-corrected chi connectivity index (χ2v) is 16.1. The molecule has 330 valence electrons. The van der Waals surface area contributed by atoms with Gasteiger partial charge in [0.05, 0.1) is 41.2 Å². The van der Waals surface area contributed by atoms with Crippen molar-refractivity contribution in [2.75, 3.05) is 32.1 Å². The van der Waals surface area contributed by atoms with Crippen LogP contribution in [-0.2, 0) is 28.6 Å². The van der Waals surface area contributed by atoms with Crippen LogP contribution in [0.4, 0.5) is 5.69 Å². The fraction of sp³-hybridized carbons (Fsp3) is 0.556. The minimum atomic E-state index is -2.02. The summed E-state index contributed by atoms with van der Waals surface area (Å²) in [5, 5.41) is 48.6. The van der Waals surface area contributed by atoms with Crippen molar-refractivity contribution in [3.63, 3.8) is 0 Å². The largest absolute Gasteiger partial charge is 1.00 e. The van der Waals surface area contributed by atoms with Crippen molar-refractivity contribution >= 4 is 40.0 Å². The van der Waals surface area contributed by atoms with E-state index in [9.17, 15) is 39.6 Å². The maximum atomic E-state index is 14.5. The van der Waals surface area contributed by atoms with Gasteiger partial charge in [0.25, 0.3) is 17.6 Å². The summed E-state index contributed by atoms with van der Waals surface area (Å²) < 4.78 is 29.8. The van der Waals surface area contributed by atoms with Gasteiger partial charge in [0.2, 0.25) is 0 Å². The number of allylic oxidation sites excluding steroid dienone is 2. The van der Waals surface area contributed by atoms with E-state index in [0.717, 1.165) is 0 Å². The van der Waals surface area contributed by atoms with E-state index in [4.69, 9.17) is 23.7 Å². The van der Waals surface area contributed by atoms with Gasteiger partial charge in [-0.3, -0.25) is 19.2 Å². The number of aliphatic hydroxyl groups is 2. The standard InChI is InChI=1S/C45H62N2O13.Na/c1-12-18-47(19-13-2)33(49)22-57-32-21-30-40(53)35-34(32)36-42(28(8)39(35)52)60-45(10,43(36)54)58-20-17-31(56-11)25(5)41(59-29(9)48)27(7)38(51)26(6)37(50)23(3)15-14-16-24(4)44(55)46-30;/h14-17,20-21,23,25-27,31,37-38,41,50-53H,12-13,18-19,22H2,1-11H3,(H,46,55);/q;+1/b15-14+,20-17+,24-16+;. The molecule has 2 amide bonds. The number of nitrogens with one attached hydrogen (secondary N) is 1. The number of fused-ring (bicyclic) bond motifs is 14. The Balaban J connectivity index is 0.00000992. The molecule has 0 saturated heterocycles. The summed E-state index contributed by atoms with van der Waals surface area (Å²) in [7, 11) is 1.44. The second kappa shape index (κ2) is 21.8.